The first-order chi connectivity index (χ1) is 7.26. The Morgan fingerprint density at radius 2 is 1.73 bits per heavy atom. The standard InChI is InChI=1S/C15H18/c1-5-9-15-11-13(7-3)12(6-2)10-14(15)8-4/h5,7-11H,3-4,6H2,1-2H3/b9-5-. The molecule has 0 radical (unpaired) electrons. The molecule has 0 heterocycles. The Morgan fingerprint density at radius 3 is 2.20 bits per heavy atom. The van der Waals surface area contributed by atoms with E-state index >= 15 is 0 Å². The molecule has 0 atom stereocenters. The molecule has 0 bridgehead atoms. The van der Waals surface area contributed by atoms with Gasteiger partial charge < -0.3 is 0 Å². The van der Waals surface area contributed by atoms with Crippen LogP contribution in [0.5, 0.6) is 0 Å². The van der Waals surface area contributed by atoms with Crippen molar-refractivity contribution < 1.29 is 0 Å². The summed E-state index contributed by atoms with van der Waals surface area (Å²) in [6.07, 6.45) is 8.99. The van der Waals surface area contributed by atoms with Crippen LogP contribution in [-0.2, 0) is 6.42 Å². The molecule has 0 aliphatic rings. The van der Waals surface area contributed by atoms with Crippen molar-refractivity contribution >= 4 is 18.2 Å². The Balaban J connectivity index is 3.39. The number of rotatable bonds is 4. The first-order valence-corrected chi connectivity index (χ1v) is 5.31. The zero-order chi connectivity index (χ0) is 11.3. The largest absolute Gasteiger partial charge is 0.0985 e. The Bertz CT molecular complexity index is 395. The third kappa shape index (κ3) is 2.47. The average Bonchev–Trinajstić information content (AvgIpc) is 2.28. The maximum Gasteiger partial charge on any atom is -0.0181 e. The van der Waals surface area contributed by atoms with Crippen LogP contribution in [-0.4, -0.2) is 0 Å². The van der Waals surface area contributed by atoms with Crippen LogP contribution in [0.15, 0.2) is 31.4 Å². The molecule has 1 aromatic rings. The van der Waals surface area contributed by atoms with E-state index in [1.54, 1.807) is 0 Å². The van der Waals surface area contributed by atoms with Crippen LogP contribution in [0.1, 0.15) is 36.1 Å². The molecule has 15 heavy (non-hydrogen) atoms. The van der Waals surface area contributed by atoms with Crippen LogP contribution in [0, 0.1) is 0 Å². The van der Waals surface area contributed by atoms with E-state index in [1.807, 2.05) is 25.2 Å². The third-order valence-electron chi connectivity index (χ3n) is 2.51. The number of benzene rings is 1. The van der Waals surface area contributed by atoms with Gasteiger partial charge in [-0.1, -0.05) is 50.5 Å². The van der Waals surface area contributed by atoms with Gasteiger partial charge in [-0.2, -0.15) is 0 Å². The lowest BCUT2D eigenvalue weighted by atomic mass is 9.96. The van der Waals surface area contributed by atoms with E-state index in [2.05, 4.69) is 38.3 Å². The SMILES string of the molecule is C=Cc1cc(CC)c(C=C)cc1/C=C\C. The molecule has 0 amide bonds. The van der Waals surface area contributed by atoms with Crippen LogP contribution in [0.3, 0.4) is 0 Å². The van der Waals surface area contributed by atoms with Gasteiger partial charge in [0, 0.05) is 0 Å². The molecule has 1 rings (SSSR count). The van der Waals surface area contributed by atoms with Gasteiger partial charge in [-0.05, 0) is 41.7 Å². The van der Waals surface area contributed by atoms with Gasteiger partial charge in [0.05, 0.1) is 0 Å². The van der Waals surface area contributed by atoms with Crippen LogP contribution in [0.25, 0.3) is 18.2 Å². The predicted molar refractivity (Wildman–Crippen MR) is 70.7 cm³/mol. The van der Waals surface area contributed by atoms with Crippen LogP contribution in [0.4, 0.5) is 0 Å². The third-order valence-corrected chi connectivity index (χ3v) is 2.51. The van der Waals surface area contributed by atoms with Crippen LogP contribution < -0.4 is 0 Å². The molecule has 0 heteroatoms. The van der Waals surface area contributed by atoms with Gasteiger partial charge in [0.1, 0.15) is 0 Å². The van der Waals surface area contributed by atoms with Crippen molar-refractivity contribution in [2.75, 3.05) is 0 Å². The Hall–Kier alpha value is -1.56. The highest BCUT2D eigenvalue weighted by Crippen LogP contribution is 2.21. The van der Waals surface area contributed by atoms with Gasteiger partial charge in [0.15, 0.2) is 0 Å². The molecule has 0 N–H and O–H groups in total. The molecule has 78 valence electrons. The molecule has 1 aromatic carbocycles. The number of allylic oxidation sites excluding steroid dienone is 1. The maximum atomic E-state index is 3.85. The van der Waals surface area contributed by atoms with E-state index in [4.69, 9.17) is 0 Å². The van der Waals surface area contributed by atoms with Gasteiger partial charge in [-0.3, -0.25) is 0 Å². The number of aryl methyl sites for hydroxylation is 1. The Morgan fingerprint density at radius 1 is 1.07 bits per heavy atom. The molecule has 0 unspecified atom stereocenters. The number of hydrogen-bond donors (Lipinski definition) is 0. The Labute approximate surface area is 92.6 Å². The predicted octanol–water partition coefficient (Wildman–Crippen LogP) is 4.57. The lowest BCUT2D eigenvalue weighted by molar-refractivity contribution is 1.13. The summed E-state index contributed by atoms with van der Waals surface area (Å²) >= 11 is 0. The summed E-state index contributed by atoms with van der Waals surface area (Å²) in [7, 11) is 0. The fourth-order valence-corrected chi connectivity index (χ4v) is 1.69. The van der Waals surface area contributed by atoms with Crippen molar-refractivity contribution in [3.8, 4) is 0 Å². The second-order valence-corrected chi connectivity index (χ2v) is 3.44. The van der Waals surface area contributed by atoms with Crippen molar-refractivity contribution in [3.63, 3.8) is 0 Å². The molecular weight excluding hydrogens is 180 g/mol. The summed E-state index contributed by atoms with van der Waals surface area (Å²) in [5.74, 6) is 0. The highest BCUT2D eigenvalue weighted by molar-refractivity contribution is 5.69. The zero-order valence-electron chi connectivity index (χ0n) is 9.59. The molecule has 0 saturated heterocycles. The minimum Gasteiger partial charge on any atom is -0.0985 e. The molecule has 0 nitrogen and oxygen atoms in total. The highest BCUT2D eigenvalue weighted by atomic mass is 14.1. The summed E-state index contributed by atoms with van der Waals surface area (Å²) in [6.45, 7) is 11.9. The molecule has 0 fully saturated rings. The smallest absolute Gasteiger partial charge is 0.0181 e. The van der Waals surface area contributed by atoms with E-state index < -0.39 is 0 Å². The quantitative estimate of drug-likeness (QED) is 0.665. The molecule has 0 spiro atoms. The van der Waals surface area contributed by atoms with Crippen LogP contribution >= 0.6 is 0 Å². The second-order valence-electron chi connectivity index (χ2n) is 3.44. The highest BCUT2D eigenvalue weighted by Gasteiger charge is 2.02. The van der Waals surface area contributed by atoms with Crippen LogP contribution in [0.2, 0.25) is 0 Å². The molecule has 0 saturated carbocycles. The van der Waals surface area contributed by atoms with E-state index in [0.29, 0.717) is 0 Å². The normalized spacial score (nSPS) is 10.5. The lowest BCUT2D eigenvalue weighted by Crippen LogP contribution is -1.91. The summed E-state index contributed by atoms with van der Waals surface area (Å²) in [6, 6.07) is 4.36. The van der Waals surface area contributed by atoms with Crippen molar-refractivity contribution in [1.82, 2.24) is 0 Å². The van der Waals surface area contributed by atoms with Gasteiger partial charge in [0.2, 0.25) is 0 Å². The van der Waals surface area contributed by atoms with E-state index in [-0.39, 0.29) is 0 Å². The summed E-state index contributed by atoms with van der Waals surface area (Å²) in [5, 5.41) is 0. The fourth-order valence-electron chi connectivity index (χ4n) is 1.69. The van der Waals surface area contributed by atoms with E-state index in [0.717, 1.165) is 6.42 Å². The minimum absolute atomic E-state index is 1.03. The molecule has 0 aliphatic heterocycles. The lowest BCUT2D eigenvalue weighted by Gasteiger charge is -2.08. The number of hydrogen-bond acceptors (Lipinski definition) is 0. The van der Waals surface area contributed by atoms with E-state index in [9.17, 15) is 0 Å². The summed E-state index contributed by atoms with van der Waals surface area (Å²) in [4.78, 5) is 0. The van der Waals surface area contributed by atoms with Crippen molar-refractivity contribution in [2.24, 2.45) is 0 Å². The summed E-state index contributed by atoms with van der Waals surface area (Å²) in [5.41, 5.74) is 4.94. The molecule has 0 aromatic heterocycles. The van der Waals surface area contributed by atoms with Gasteiger partial charge >= 0.3 is 0 Å². The minimum atomic E-state index is 1.03. The monoisotopic (exact) mass is 198 g/mol. The van der Waals surface area contributed by atoms with Gasteiger partial charge in [0.25, 0.3) is 0 Å². The first kappa shape index (κ1) is 11.5. The molecular formula is C15H18. The molecule has 0 aliphatic carbocycles. The second kappa shape index (κ2) is 5.35. The Kier molecular flexibility index (Phi) is 4.11. The van der Waals surface area contributed by atoms with Crippen molar-refractivity contribution in [1.29, 1.82) is 0 Å². The first-order valence-electron chi connectivity index (χ1n) is 5.31. The van der Waals surface area contributed by atoms with Gasteiger partial charge in [-0.15, -0.1) is 0 Å². The zero-order valence-corrected chi connectivity index (χ0v) is 9.59. The summed E-state index contributed by atoms with van der Waals surface area (Å²) < 4.78 is 0. The average molecular weight is 198 g/mol. The van der Waals surface area contributed by atoms with E-state index in [1.165, 1.54) is 22.3 Å². The van der Waals surface area contributed by atoms with Crippen molar-refractivity contribution in [2.45, 2.75) is 20.3 Å². The topological polar surface area (TPSA) is 0 Å². The van der Waals surface area contributed by atoms with Crippen molar-refractivity contribution in [3.05, 3.63) is 53.6 Å². The van der Waals surface area contributed by atoms with Gasteiger partial charge in [-0.25, -0.2) is 0 Å². The fraction of sp³-hybridized carbons (Fsp3) is 0.200. The maximum absolute atomic E-state index is 3.85.